The lowest BCUT2D eigenvalue weighted by Crippen LogP contribution is -2.15. The Hall–Kier alpha value is -3.23. The zero-order valence-electron chi connectivity index (χ0n) is 14.6. The Kier molecular flexibility index (Phi) is 6.05. The van der Waals surface area contributed by atoms with Crippen molar-refractivity contribution < 1.29 is 19.6 Å². The molecule has 0 atom stereocenters. The molecule has 138 valence electrons. The summed E-state index contributed by atoms with van der Waals surface area (Å²) in [7, 11) is 0. The first-order chi connectivity index (χ1) is 12.3. The number of hydrogen-bond acceptors (Lipinski definition) is 5. The fourth-order valence-corrected chi connectivity index (χ4v) is 2.61. The lowest BCUT2D eigenvalue weighted by atomic mass is 10.1. The molecule has 0 bridgehead atoms. The highest BCUT2D eigenvalue weighted by atomic mass is 16.6. The SMILES string of the molecule is Cc1nn(CCC(=O)Nc2ccc(CCC(=O)O)cc2)c(C)c1[N+](=O)[O-]. The zero-order chi connectivity index (χ0) is 19.3. The summed E-state index contributed by atoms with van der Waals surface area (Å²) in [4.78, 5) is 33.1. The Labute approximate surface area is 149 Å². The normalized spacial score (nSPS) is 10.5. The maximum absolute atomic E-state index is 12.1. The number of nitro groups is 1. The second-order valence-corrected chi connectivity index (χ2v) is 5.89. The monoisotopic (exact) mass is 360 g/mol. The topological polar surface area (TPSA) is 127 Å². The molecular weight excluding hydrogens is 340 g/mol. The number of nitrogens with zero attached hydrogens (tertiary/aromatic N) is 3. The van der Waals surface area contributed by atoms with Crippen molar-refractivity contribution in [2.75, 3.05) is 5.32 Å². The largest absolute Gasteiger partial charge is 0.481 e. The van der Waals surface area contributed by atoms with Gasteiger partial charge in [-0.1, -0.05) is 12.1 Å². The van der Waals surface area contributed by atoms with E-state index in [1.54, 1.807) is 38.1 Å². The van der Waals surface area contributed by atoms with E-state index in [0.29, 0.717) is 23.5 Å². The summed E-state index contributed by atoms with van der Waals surface area (Å²) in [5, 5.41) is 26.5. The van der Waals surface area contributed by atoms with E-state index in [-0.39, 0.29) is 31.0 Å². The van der Waals surface area contributed by atoms with E-state index < -0.39 is 10.9 Å². The number of anilines is 1. The molecule has 0 aliphatic carbocycles. The van der Waals surface area contributed by atoms with Crippen LogP contribution < -0.4 is 5.32 Å². The molecule has 0 saturated carbocycles. The summed E-state index contributed by atoms with van der Waals surface area (Å²) in [6, 6.07) is 6.96. The summed E-state index contributed by atoms with van der Waals surface area (Å²) in [5.41, 5.74) is 2.20. The van der Waals surface area contributed by atoms with Crippen LogP contribution in [-0.4, -0.2) is 31.7 Å². The van der Waals surface area contributed by atoms with Crippen molar-refractivity contribution in [2.45, 2.75) is 39.7 Å². The van der Waals surface area contributed by atoms with Crippen molar-refractivity contribution in [1.82, 2.24) is 9.78 Å². The quantitative estimate of drug-likeness (QED) is 0.550. The van der Waals surface area contributed by atoms with Crippen molar-refractivity contribution in [3.05, 3.63) is 51.3 Å². The van der Waals surface area contributed by atoms with Crippen LogP contribution in [0, 0.1) is 24.0 Å². The molecule has 2 aromatic rings. The van der Waals surface area contributed by atoms with Gasteiger partial charge in [-0.15, -0.1) is 0 Å². The Morgan fingerprint density at radius 1 is 1.23 bits per heavy atom. The highest BCUT2D eigenvalue weighted by Crippen LogP contribution is 2.22. The predicted molar refractivity (Wildman–Crippen MR) is 94.0 cm³/mol. The van der Waals surface area contributed by atoms with Crippen molar-refractivity contribution >= 4 is 23.3 Å². The molecule has 1 heterocycles. The number of carbonyl (C=O) groups is 2. The first kappa shape index (κ1) is 19.1. The Morgan fingerprint density at radius 3 is 2.42 bits per heavy atom. The highest BCUT2D eigenvalue weighted by molar-refractivity contribution is 5.90. The second-order valence-electron chi connectivity index (χ2n) is 5.89. The number of amides is 1. The third kappa shape index (κ3) is 4.88. The van der Waals surface area contributed by atoms with E-state index in [1.807, 2.05) is 0 Å². The fourth-order valence-electron chi connectivity index (χ4n) is 2.61. The van der Waals surface area contributed by atoms with Gasteiger partial charge < -0.3 is 10.4 Å². The third-order valence-electron chi connectivity index (χ3n) is 3.94. The maximum Gasteiger partial charge on any atom is 0.312 e. The minimum atomic E-state index is -0.855. The first-order valence-corrected chi connectivity index (χ1v) is 8.07. The van der Waals surface area contributed by atoms with Crippen LogP contribution in [0.3, 0.4) is 0 Å². The predicted octanol–water partition coefficient (Wildman–Crippen LogP) is 2.45. The molecule has 0 unspecified atom stereocenters. The summed E-state index contributed by atoms with van der Waals surface area (Å²) in [5.74, 6) is -1.09. The standard InChI is InChI=1S/C17H20N4O5/c1-11-17(21(25)26)12(2)20(19-11)10-9-15(22)18-14-6-3-13(4-7-14)5-8-16(23)24/h3-4,6-7H,5,8-10H2,1-2H3,(H,18,22)(H,23,24). The lowest BCUT2D eigenvalue weighted by Gasteiger charge is -2.07. The van der Waals surface area contributed by atoms with Crippen LogP contribution in [0.2, 0.25) is 0 Å². The molecule has 9 nitrogen and oxygen atoms in total. The average Bonchev–Trinajstić information content (AvgIpc) is 2.86. The number of nitrogens with one attached hydrogen (secondary N) is 1. The number of aliphatic carboxylic acids is 1. The van der Waals surface area contributed by atoms with Crippen LogP contribution in [0.4, 0.5) is 11.4 Å². The molecule has 2 N–H and O–H groups in total. The van der Waals surface area contributed by atoms with Gasteiger partial charge in [0.25, 0.3) is 0 Å². The maximum atomic E-state index is 12.1. The number of hydrogen-bond donors (Lipinski definition) is 2. The number of benzene rings is 1. The van der Waals surface area contributed by atoms with E-state index in [1.165, 1.54) is 4.68 Å². The van der Waals surface area contributed by atoms with Crippen LogP contribution in [0.5, 0.6) is 0 Å². The van der Waals surface area contributed by atoms with Crippen molar-refractivity contribution in [2.24, 2.45) is 0 Å². The van der Waals surface area contributed by atoms with Crippen LogP contribution >= 0.6 is 0 Å². The summed E-state index contributed by atoms with van der Waals surface area (Å²) < 4.78 is 1.46. The van der Waals surface area contributed by atoms with Gasteiger partial charge in [0.15, 0.2) is 0 Å². The van der Waals surface area contributed by atoms with Gasteiger partial charge in [0, 0.05) is 18.5 Å². The number of aromatic nitrogens is 2. The number of rotatable bonds is 8. The van der Waals surface area contributed by atoms with Crippen molar-refractivity contribution in [3.8, 4) is 0 Å². The summed E-state index contributed by atoms with van der Waals surface area (Å²) in [6.07, 6.45) is 0.612. The molecule has 26 heavy (non-hydrogen) atoms. The zero-order valence-corrected chi connectivity index (χ0v) is 14.6. The van der Waals surface area contributed by atoms with E-state index >= 15 is 0 Å². The molecule has 0 radical (unpaired) electrons. The molecule has 0 saturated heterocycles. The molecule has 0 aliphatic rings. The van der Waals surface area contributed by atoms with Crippen LogP contribution in [0.1, 0.15) is 29.8 Å². The minimum absolute atomic E-state index is 0.0256. The molecule has 9 heteroatoms. The molecular formula is C17H20N4O5. The van der Waals surface area contributed by atoms with E-state index in [2.05, 4.69) is 10.4 Å². The van der Waals surface area contributed by atoms with Gasteiger partial charge in [-0.25, -0.2) is 0 Å². The van der Waals surface area contributed by atoms with Gasteiger partial charge in [0.05, 0.1) is 11.5 Å². The molecule has 0 aliphatic heterocycles. The van der Waals surface area contributed by atoms with E-state index in [9.17, 15) is 19.7 Å². The van der Waals surface area contributed by atoms with Gasteiger partial charge in [-0.3, -0.25) is 24.4 Å². The molecule has 0 fully saturated rings. The van der Waals surface area contributed by atoms with E-state index in [0.717, 1.165) is 5.56 Å². The number of carboxylic acids is 1. The van der Waals surface area contributed by atoms with Crippen LogP contribution in [0.25, 0.3) is 0 Å². The first-order valence-electron chi connectivity index (χ1n) is 8.07. The highest BCUT2D eigenvalue weighted by Gasteiger charge is 2.21. The van der Waals surface area contributed by atoms with E-state index in [4.69, 9.17) is 5.11 Å². The number of carbonyl (C=O) groups excluding carboxylic acids is 1. The molecule has 2 rings (SSSR count). The lowest BCUT2D eigenvalue weighted by molar-refractivity contribution is -0.386. The summed E-state index contributed by atoms with van der Waals surface area (Å²) in [6.45, 7) is 3.41. The Balaban J connectivity index is 1.90. The van der Waals surface area contributed by atoms with Gasteiger partial charge in [-0.05, 0) is 38.0 Å². The Bertz CT molecular complexity index is 826. The number of aryl methyl sites for hydroxylation is 3. The summed E-state index contributed by atoms with van der Waals surface area (Å²) >= 11 is 0. The van der Waals surface area contributed by atoms with Crippen LogP contribution in [-0.2, 0) is 22.6 Å². The molecule has 0 spiro atoms. The minimum Gasteiger partial charge on any atom is -0.481 e. The fraction of sp³-hybridized carbons (Fsp3) is 0.353. The Morgan fingerprint density at radius 2 is 1.88 bits per heavy atom. The smallest absolute Gasteiger partial charge is 0.312 e. The van der Waals surface area contributed by atoms with Gasteiger partial charge in [0.1, 0.15) is 11.4 Å². The van der Waals surface area contributed by atoms with Gasteiger partial charge >= 0.3 is 11.7 Å². The van der Waals surface area contributed by atoms with Crippen molar-refractivity contribution in [1.29, 1.82) is 0 Å². The third-order valence-corrected chi connectivity index (χ3v) is 3.94. The average molecular weight is 360 g/mol. The molecule has 1 aromatic carbocycles. The van der Waals surface area contributed by atoms with Crippen molar-refractivity contribution in [3.63, 3.8) is 0 Å². The van der Waals surface area contributed by atoms with Crippen LogP contribution in [0.15, 0.2) is 24.3 Å². The number of carboxylic acid groups (broad SMARTS) is 1. The van der Waals surface area contributed by atoms with Gasteiger partial charge in [0.2, 0.25) is 5.91 Å². The second kappa shape index (κ2) is 8.24. The molecule has 1 aromatic heterocycles. The van der Waals surface area contributed by atoms with Gasteiger partial charge in [-0.2, -0.15) is 5.10 Å². The molecule has 1 amide bonds.